The highest BCUT2D eigenvalue weighted by Crippen LogP contribution is 2.13. The van der Waals surface area contributed by atoms with Gasteiger partial charge in [0.05, 0.1) is 6.54 Å². The average Bonchev–Trinajstić information content (AvgIpc) is 2.44. The molecule has 21 heavy (non-hydrogen) atoms. The zero-order chi connectivity index (χ0) is 15.0. The van der Waals surface area contributed by atoms with Crippen molar-refractivity contribution < 1.29 is 0 Å². The summed E-state index contributed by atoms with van der Waals surface area (Å²) in [6, 6.07) is 8.96. The highest BCUT2D eigenvalue weighted by Gasteiger charge is 2.07. The van der Waals surface area contributed by atoms with Crippen molar-refractivity contribution in [1.82, 2.24) is 10.2 Å². The number of hydrogen-bond acceptors (Lipinski definition) is 2. The Morgan fingerprint density at radius 3 is 2.48 bits per heavy atom. The molecule has 5 heteroatoms. The predicted molar refractivity (Wildman–Crippen MR) is 102 cm³/mol. The Labute approximate surface area is 146 Å². The number of hydrogen-bond donors (Lipinski definition) is 2. The summed E-state index contributed by atoms with van der Waals surface area (Å²) in [7, 11) is 2.14. The standard InChI is InChI=1S/C16H28N4.HI/c1-5-10-18-16(17)19-11-14-8-6-7-9-15(14)12-20(4)13(2)3;/h6-9,13H,5,10-12H2,1-4H3,(H3,17,18,19);1H. The molecule has 0 saturated carbocycles. The van der Waals surface area contributed by atoms with Gasteiger partial charge in [0, 0.05) is 19.1 Å². The van der Waals surface area contributed by atoms with E-state index in [0.717, 1.165) is 19.5 Å². The van der Waals surface area contributed by atoms with E-state index in [1.165, 1.54) is 11.1 Å². The zero-order valence-corrected chi connectivity index (χ0v) is 15.9. The highest BCUT2D eigenvalue weighted by molar-refractivity contribution is 14.0. The summed E-state index contributed by atoms with van der Waals surface area (Å²) in [6.45, 7) is 8.95. The molecule has 0 saturated heterocycles. The van der Waals surface area contributed by atoms with Crippen LogP contribution in [0.15, 0.2) is 29.3 Å². The molecule has 1 aromatic carbocycles. The van der Waals surface area contributed by atoms with E-state index in [9.17, 15) is 0 Å². The van der Waals surface area contributed by atoms with Crippen molar-refractivity contribution in [3.05, 3.63) is 35.4 Å². The van der Waals surface area contributed by atoms with Gasteiger partial charge in [-0.25, -0.2) is 4.99 Å². The van der Waals surface area contributed by atoms with Crippen LogP contribution in [0.4, 0.5) is 0 Å². The minimum Gasteiger partial charge on any atom is -0.370 e. The van der Waals surface area contributed by atoms with Crippen LogP contribution in [-0.2, 0) is 13.1 Å². The summed E-state index contributed by atoms with van der Waals surface area (Å²) in [5.41, 5.74) is 8.39. The molecular weight excluding hydrogens is 375 g/mol. The highest BCUT2D eigenvalue weighted by atomic mass is 127. The average molecular weight is 404 g/mol. The van der Waals surface area contributed by atoms with Crippen molar-refractivity contribution in [2.24, 2.45) is 10.7 Å². The van der Waals surface area contributed by atoms with E-state index in [2.05, 4.69) is 67.3 Å². The number of benzene rings is 1. The van der Waals surface area contributed by atoms with Gasteiger partial charge in [0.25, 0.3) is 0 Å². The van der Waals surface area contributed by atoms with Crippen LogP contribution in [0.3, 0.4) is 0 Å². The molecule has 0 heterocycles. The molecule has 0 aromatic heterocycles. The third-order valence-electron chi connectivity index (χ3n) is 3.40. The SMILES string of the molecule is CCCNC(N)=NCc1ccccc1CN(C)C(C)C.I. The van der Waals surface area contributed by atoms with Gasteiger partial charge in [-0.15, -0.1) is 24.0 Å². The van der Waals surface area contributed by atoms with Crippen LogP contribution in [-0.4, -0.2) is 30.5 Å². The monoisotopic (exact) mass is 404 g/mol. The van der Waals surface area contributed by atoms with Crippen LogP contribution >= 0.6 is 24.0 Å². The van der Waals surface area contributed by atoms with E-state index in [0.29, 0.717) is 18.5 Å². The maximum Gasteiger partial charge on any atom is 0.188 e. The largest absolute Gasteiger partial charge is 0.370 e. The fourth-order valence-electron chi connectivity index (χ4n) is 1.80. The molecule has 0 aliphatic heterocycles. The van der Waals surface area contributed by atoms with E-state index in [4.69, 9.17) is 5.73 Å². The summed E-state index contributed by atoms with van der Waals surface area (Å²) >= 11 is 0. The Bertz CT molecular complexity index is 432. The molecule has 3 N–H and O–H groups in total. The molecule has 0 spiro atoms. The van der Waals surface area contributed by atoms with Gasteiger partial charge in [-0.3, -0.25) is 4.90 Å². The van der Waals surface area contributed by atoms with Crippen LogP contribution < -0.4 is 11.1 Å². The van der Waals surface area contributed by atoms with E-state index >= 15 is 0 Å². The lowest BCUT2D eigenvalue weighted by atomic mass is 10.1. The Hall–Kier alpha value is -0.820. The number of nitrogens with one attached hydrogen (secondary N) is 1. The second kappa shape index (κ2) is 10.8. The molecule has 0 fully saturated rings. The first-order valence-electron chi connectivity index (χ1n) is 7.35. The Kier molecular flexibility index (Phi) is 10.4. The van der Waals surface area contributed by atoms with E-state index in [-0.39, 0.29) is 24.0 Å². The topological polar surface area (TPSA) is 53.6 Å². The number of aliphatic imine (C=N–C) groups is 1. The number of rotatable bonds is 7. The second-order valence-corrected chi connectivity index (χ2v) is 5.41. The maximum atomic E-state index is 5.84. The maximum absolute atomic E-state index is 5.84. The minimum absolute atomic E-state index is 0. The molecule has 120 valence electrons. The van der Waals surface area contributed by atoms with Crippen molar-refractivity contribution >= 4 is 29.9 Å². The van der Waals surface area contributed by atoms with Gasteiger partial charge in [-0.05, 0) is 38.4 Å². The lowest BCUT2D eigenvalue weighted by Gasteiger charge is -2.22. The Balaban J connectivity index is 0.00000400. The van der Waals surface area contributed by atoms with Crippen molar-refractivity contribution in [3.8, 4) is 0 Å². The smallest absolute Gasteiger partial charge is 0.188 e. The van der Waals surface area contributed by atoms with Crippen molar-refractivity contribution in [3.63, 3.8) is 0 Å². The molecule has 0 unspecified atom stereocenters. The van der Waals surface area contributed by atoms with Crippen LogP contribution in [0.25, 0.3) is 0 Å². The van der Waals surface area contributed by atoms with E-state index in [1.54, 1.807) is 0 Å². The van der Waals surface area contributed by atoms with Crippen LogP contribution in [0.2, 0.25) is 0 Å². The van der Waals surface area contributed by atoms with Gasteiger partial charge >= 0.3 is 0 Å². The third kappa shape index (κ3) is 7.66. The molecule has 1 rings (SSSR count). The first kappa shape index (κ1) is 20.2. The van der Waals surface area contributed by atoms with Gasteiger partial charge < -0.3 is 11.1 Å². The lowest BCUT2D eigenvalue weighted by molar-refractivity contribution is 0.265. The fraction of sp³-hybridized carbons (Fsp3) is 0.562. The number of guanidine groups is 1. The van der Waals surface area contributed by atoms with Crippen LogP contribution in [0.5, 0.6) is 0 Å². The molecule has 4 nitrogen and oxygen atoms in total. The normalized spacial score (nSPS) is 11.6. The molecule has 0 aliphatic carbocycles. The second-order valence-electron chi connectivity index (χ2n) is 5.41. The molecule has 0 aliphatic rings. The van der Waals surface area contributed by atoms with Gasteiger partial charge in [0.15, 0.2) is 5.96 Å². The van der Waals surface area contributed by atoms with Crippen molar-refractivity contribution in [1.29, 1.82) is 0 Å². The summed E-state index contributed by atoms with van der Waals surface area (Å²) in [6.07, 6.45) is 1.05. The fourth-order valence-corrected chi connectivity index (χ4v) is 1.80. The number of halogens is 1. The molecular formula is C16H29IN4. The molecule has 1 aromatic rings. The quantitative estimate of drug-likeness (QED) is 0.418. The van der Waals surface area contributed by atoms with E-state index in [1.807, 2.05) is 0 Å². The molecule has 0 bridgehead atoms. The summed E-state index contributed by atoms with van der Waals surface area (Å²) < 4.78 is 0. The van der Waals surface area contributed by atoms with Gasteiger partial charge in [0.1, 0.15) is 0 Å². The van der Waals surface area contributed by atoms with Gasteiger partial charge in [-0.1, -0.05) is 31.2 Å². The van der Waals surface area contributed by atoms with Gasteiger partial charge in [0.2, 0.25) is 0 Å². The van der Waals surface area contributed by atoms with Crippen molar-refractivity contribution in [2.45, 2.75) is 46.3 Å². The lowest BCUT2D eigenvalue weighted by Crippen LogP contribution is -2.32. The number of nitrogens with two attached hydrogens (primary N) is 1. The number of nitrogens with zero attached hydrogens (tertiary/aromatic N) is 2. The first-order valence-corrected chi connectivity index (χ1v) is 7.35. The summed E-state index contributed by atoms with van der Waals surface area (Å²) in [5, 5.41) is 3.10. The third-order valence-corrected chi connectivity index (χ3v) is 3.40. The Morgan fingerprint density at radius 2 is 1.90 bits per heavy atom. The molecule has 0 radical (unpaired) electrons. The molecule has 0 atom stereocenters. The summed E-state index contributed by atoms with van der Waals surface area (Å²) in [4.78, 5) is 6.73. The van der Waals surface area contributed by atoms with E-state index < -0.39 is 0 Å². The minimum atomic E-state index is 0. The summed E-state index contributed by atoms with van der Waals surface area (Å²) in [5.74, 6) is 0.527. The van der Waals surface area contributed by atoms with Crippen LogP contribution in [0, 0.1) is 0 Å². The zero-order valence-electron chi connectivity index (χ0n) is 13.6. The predicted octanol–water partition coefficient (Wildman–Crippen LogP) is 2.96. The van der Waals surface area contributed by atoms with Gasteiger partial charge in [-0.2, -0.15) is 0 Å². The first-order chi connectivity index (χ1) is 9.54. The van der Waals surface area contributed by atoms with Crippen LogP contribution in [0.1, 0.15) is 38.3 Å². The van der Waals surface area contributed by atoms with Crippen molar-refractivity contribution in [2.75, 3.05) is 13.6 Å². The Morgan fingerprint density at radius 1 is 1.29 bits per heavy atom. The molecule has 0 amide bonds.